The Morgan fingerprint density at radius 3 is 2.40 bits per heavy atom. The molecule has 0 spiro atoms. The molecule has 0 saturated carbocycles. The fourth-order valence-electron chi connectivity index (χ4n) is 4.16. The maximum absolute atomic E-state index is 13.4. The third-order valence-electron chi connectivity index (χ3n) is 6.05. The summed E-state index contributed by atoms with van der Waals surface area (Å²) in [7, 11) is 3.98. The van der Waals surface area contributed by atoms with Gasteiger partial charge in [-0.15, -0.1) is 0 Å². The molecule has 6 nitrogen and oxygen atoms in total. The van der Waals surface area contributed by atoms with E-state index in [9.17, 15) is 9.59 Å². The molecule has 7 heteroatoms. The number of benzene rings is 3. The Labute approximate surface area is 210 Å². The van der Waals surface area contributed by atoms with E-state index in [4.69, 9.17) is 11.6 Å². The number of hydrogen-bond acceptors (Lipinski definition) is 4. The van der Waals surface area contributed by atoms with Crippen LogP contribution in [0, 0.1) is 0 Å². The lowest BCUT2D eigenvalue weighted by molar-refractivity contribution is -0.121. The van der Waals surface area contributed by atoms with Crippen LogP contribution in [0.15, 0.2) is 83.7 Å². The van der Waals surface area contributed by atoms with Crippen LogP contribution in [-0.4, -0.2) is 41.0 Å². The summed E-state index contributed by atoms with van der Waals surface area (Å²) in [5, 5.41) is 3.56. The van der Waals surface area contributed by atoms with Crippen molar-refractivity contribution in [2.24, 2.45) is 0 Å². The molecule has 0 aliphatic heterocycles. The number of amides is 1. The first-order valence-electron chi connectivity index (χ1n) is 11.6. The summed E-state index contributed by atoms with van der Waals surface area (Å²) in [6.07, 6.45) is 0.425. The van der Waals surface area contributed by atoms with Gasteiger partial charge in [-0.1, -0.05) is 72.3 Å². The predicted octanol–water partition coefficient (Wildman–Crippen LogP) is 4.45. The number of nitrogens with zero attached hydrogens (tertiary/aromatic N) is 3. The average molecular weight is 489 g/mol. The largest absolute Gasteiger partial charge is 0.354 e. The second-order valence-corrected chi connectivity index (χ2v) is 9.20. The van der Waals surface area contributed by atoms with E-state index in [0.29, 0.717) is 34.8 Å². The van der Waals surface area contributed by atoms with Gasteiger partial charge in [-0.25, -0.2) is 4.98 Å². The highest BCUT2D eigenvalue weighted by molar-refractivity contribution is 6.31. The van der Waals surface area contributed by atoms with Crippen molar-refractivity contribution < 1.29 is 4.79 Å². The normalized spacial score (nSPS) is 12.1. The molecule has 0 aliphatic rings. The molecule has 1 aromatic heterocycles. The highest BCUT2D eigenvalue weighted by Gasteiger charge is 2.17. The molecule has 0 saturated heterocycles. The van der Waals surface area contributed by atoms with Crippen molar-refractivity contribution in [3.05, 3.63) is 111 Å². The van der Waals surface area contributed by atoms with Gasteiger partial charge in [-0.05, 0) is 43.4 Å². The number of hydrogen-bond donors (Lipinski definition) is 1. The minimum Gasteiger partial charge on any atom is -0.354 e. The van der Waals surface area contributed by atoms with Gasteiger partial charge in [0.2, 0.25) is 5.91 Å². The summed E-state index contributed by atoms with van der Waals surface area (Å²) in [4.78, 5) is 32.7. The first kappa shape index (κ1) is 24.6. The van der Waals surface area contributed by atoms with Crippen molar-refractivity contribution in [2.75, 3.05) is 20.6 Å². The van der Waals surface area contributed by atoms with Crippen LogP contribution in [-0.2, 0) is 17.8 Å². The predicted molar refractivity (Wildman–Crippen MR) is 141 cm³/mol. The molecule has 4 rings (SSSR count). The van der Waals surface area contributed by atoms with E-state index >= 15 is 0 Å². The summed E-state index contributed by atoms with van der Waals surface area (Å²) in [5.41, 5.74) is 3.67. The Balaban J connectivity index is 1.51. The van der Waals surface area contributed by atoms with Crippen LogP contribution in [0.3, 0.4) is 0 Å². The summed E-state index contributed by atoms with van der Waals surface area (Å²) in [5.74, 6) is -0.116. The van der Waals surface area contributed by atoms with Crippen LogP contribution in [0.25, 0.3) is 11.0 Å². The Bertz CT molecular complexity index is 1350. The second-order valence-electron chi connectivity index (χ2n) is 8.76. The van der Waals surface area contributed by atoms with Crippen molar-refractivity contribution >= 4 is 28.5 Å². The van der Waals surface area contributed by atoms with Gasteiger partial charge in [0.25, 0.3) is 5.56 Å². The van der Waals surface area contributed by atoms with Crippen molar-refractivity contribution in [3.63, 3.8) is 0 Å². The molecule has 1 atom stereocenters. The fraction of sp³-hybridized carbons (Fsp3) is 0.250. The molecule has 0 radical (unpaired) electrons. The zero-order valence-corrected chi connectivity index (χ0v) is 20.7. The van der Waals surface area contributed by atoms with Crippen molar-refractivity contribution in [1.82, 2.24) is 19.8 Å². The van der Waals surface area contributed by atoms with E-state index in [2.05, 4.69) is 27.3 Å². The average Bonchev–Trinajstić information content (AvgIpc) is 2.86. The van der Waals surface area contributed by atoms with Crippen LogP contribution in [0.2, 0.25) is 5.02 Å². The minimum atomic E-state index is -0.188. The van der Waals surface area contributed by atoms with E-state index in [0.717, 1.165) is 11.1 Å². The zero-order valence-electron chi connectivity index (χ0n) is 19.9. The minimum absolute atomic E-state index is 0.0594. The van der Waals surface area contributed by atoms with Gasteiger partial charge in [0, 0.05) is 24.4 Å². The molecular formula is C28H29ClN4O2. The number of aryl methyl sites for hydroxylation is 1. The van der Waals surface area contributed by atoms with Crippen LogP contribution < -0.4 is 10.9 Å². The number of nitrogens with one attached hydrogen (secondary N) is 1. The molecule has 3 aromatic carbocycles. The van der Waals surface area contributed by atoms with Gasteiger partial charge >= 0.3 is 0 Å². The number of halogens is 1. The molecular weight excluding hydrogens is 460 g/mol. The number of fused-ring (bicyclic) bond motifs is 1. The smallest absolute Gasteiger partial charge is 0.273 e. The first-order valence-corrected chi connectivity index (χ1v) is 12.0. The van der Waals surface area contributed by atoms with Crippen LogP contribution in [0.5, 0.6) is 0 Å². The van der Waals surface area contributed by atoms with E-state index in [-0.39, 0.29) is 30.3 Å². The van der Waals surface area contributed by atoms with Crippen molar-refractivity contribution in [1.29, 1.82) is 0 Å². The Morgan fingerprint density at radius 2 is 1.71 bits per heavy atom. The lowest BCUT2D eigenvalue weighted by atomic mass is 10.1. The molecule has 1 N–H and O–H groups in total. The first-order chi connectivity index (χ1) is 16.9. The maximum atomic E-state index is 13.4. The van der Waals surface area contributed by atoms with Gasteiger partial charge in [0.1, 0.15) is 5.69 Å². The van der Waals surface area contributed by atoms with Crippen molar-refractivity contribution in [3.8, 4) is 0 Å². The number of rotatable bonds is 9. The summed E-state index contributed by atoms with van der Waals surface area (Å²) in [6.45, 7) is 0.899. The molecule has 180 valence electrons. The quantitative estimate of drug-likeness (QED) is 0.378. The monoisotopic (exact) mass is 488 g/mol. The van der Waals surface area contributed by atoms with Gasteiger partial charge in [0.05, 0.1) is 23.6 Å². The van der Waals surface area contributed by atoms with E-state index < -0.39 is 0 Å². The second kappa shape index (κ2) is 11.3. The van der Waals surface area contributed by atoms with E-state index in [1.54, 1.807) is 16.7 Å². The Kier molecular flexibility index (Phi) is 7.95. The lowest BCUT2D eigenvalue weighted by Gasteiger charge is -2.25. The SMILES string of the molecule is CN(C)[C@H](CNC(=O)CCc1nc2cc(Cl)ccc2n(Cc2ccccc2)c1=O)c1ccccc1. The molecule has 1 heterocycles. The molecule has 0 fully saturated rings. The summed E-state index contributed by atoms with van der Waals surface area (Å²) >= 11 is 6.20. The zero-order chi connectivity index (χ0) is 24.8. The Morgan fingerprint density at radius 1 is 1.03 bits per heavy atom. The molecule has 0 unspecified atom stereocenters. The van der Waals surface area contributed by atoms with Gasteiger partial charge in [0.15, 0.2) is 0 Å². The summed E-state index contributed by atoms with van der Waals surface area (Å²) < 4.78 is 1.71. The third kappa shape index (κ3) is 6.15. The maximum Gasteiger partial charge on any atom is 0.273 e. The van der Waals surface area contributed by atoms with Crippen molar-refractivity contribution in [2.45, 2.75) is 25.4 Å². The third-order valence-corrected chi connectivity index (χ3v) is 6.28. The number of carbonyl (C=O) groups is 1. The fourth-order valence-corrected chi connectivity index (χ4v) is 4.33. The van der Waals surface area contributed by atoms with Crippen LogP contribution >= 0.6 is 11.6 Å². The highest BCUT2D eigenvalue weighted by Crippen LogP contribution is 2.19. The number of likely N-dealkylation sites (N-methyl/N-ethyl adjacent to an activating group) is 1. The molecule has 35 heavy (non-hydrogen) atoms. The standard InChI is InChI=1S/C28H29ClN4O2/c1-32(2)26(21-11-7-4-8-12-21)18-30-27(34)16-14-23-28(35)33(19-20-9-5-3-6-10-20)25-15-13-22(29)17-24(25)31-23/h3-13,15,17,26H,14,16,18-19H2,1-2H3,(H,30,34)/t26-/m1/s1. The number of aromatic nitrogens is 2. The van der Waals surface area contributed by atoms with E-state index in [1.165, 1.54) is 0 Å². The van der Waals surface area contributed by atoms with E-state index in [1.807, 2.05) is 68.7 Å². The molecule has 1 amide bonds. The molecule has 0 bridgehead atoms. The van der Waals surface area contributed by atoms with Crippen LogP contribution in [0.4, 0.5) is 0 Å². The number of carbonyl (C=O) groups excluding carboxylic acids is 1. The lowest BCUT2D eigenvalue weighted by Crippen LogP contribution is -2.35. The van der Waals surface area contributed by atoms with Gasteiger partial charge < -0.3 is 14.8 Å². The Hall–Kier alpha value is -3.48. The van der Waals surface area contributed by atoms with Crippen LogP contribution in [0.1, 0.15) is 29.3 Å². The molecule has 4 aromatic rings. The highest BCUT2D eigenvalue weighted by atomic mass is 35.5. The van der Waals surface area contributed by atoms with Gasteiger partial charge in [-0.2, -0.15) is 0 Å². The topological polar surface area (TPSA) is 67.2 Å². The summed E-state index contributed by atoms with van der Waals surface area (Å²) in [6, 6.07) is 25.2. The molecule has 0 aliphatic carbocycles. The van der Waals surface area contributed by atoms with Gasteiger partial charge in [-0.3, -0.25) is 9.59 Å².